The van der Waals surface area contributed by atoms with Gasteiger partial charge in [-0.05, 0) is 31.5 Å². The SMILES string of the molecule is CCOC(=O)c1cc2cc(-c3cscn3)cn2c(C(C)=O)c1C. The number of Topliss-reactive ketones (excluding diaryl/α,β-unsaturated/α-hetero) is 1. The number of esters is 1. The van der Waals surface area contributed by atoms with E-state index in [1.165, 1.54) is 18.3 Å². The third kappa shape index (κ3) is 2.66. The lowest BCUT2D eigenvalue weighted by atomic mass is 10.0. The monoisotopic (exact) mass is 328 g/mol. The second-order valence-corrected chi connectivity index (χ2v) is 5.92. The molecule has 0 atom stereocenters. The molecule has 0 amide bonds. The van der Waals surface area contributed by atoms with Crippen molar-refractivity contribution in [1.82, 2.24) is 9.38 Å². The highest BCUT2D eigenvalue weighted by atomic mass is 32.1. The second kappa shape index (κ2) is 5.96. The first-order valence-corrected chi connectivity index (χ1v) is 8.19. The van der Waals surface area contributed by atoms with Crippen LogP contribution in [0.3, 0.4) is 0 Å². The van der Waals surface area contributed by atoms with Crippen molar-refractivity contribution in [2.45, 2.75) is 20.8 Å². The standard InChI is InChI=1S/C17H16N2O3S/c1-4-22-17(21)14-6-13-5-12(15-8-23-9-18-15)7-19(13)16(10(14)2)11(3)20/h5-9H,4H2,1-3H3. The molecule has 0 aliphatic carbocycles. The molecule has 0 N–H and O–H groups in total. The lowest BCUT2D eigenvalue weighted by Crippen LogP contribution is -2.13. The number of rotatable bonds is 4. The van der Waals surface area contributed by atoms with Gasteiger partial charge in [-0.3, -0.25) is 4.79 Å². The normalized spacial score (nSPS) is 10.9. The average Bonchev–Trinajstić information content (AvgIpc) is 3.14. The number of ether oxygens (including phenoxy) is 1. The fourth-order valence-corrected chi connectivity index (χ4v) is 3.26. The van der Waals surface area contributed by atoms with Crippen LogP contribution in [-0.2, 0) is 4.74 Å². The molecule has 23 heavy (non-hydrogen) atoms. The summed E-state index contributed by atoms with van der Waals surface area (Å²) in [6.45, 7) is 5.32. The minimum atomic E-state index is -0.411. The Hall–Kier alpha value is -2.47. The van der Waals surface area contributed by atoms with Crippen molar-refractivity contribution in [1.29, 1.82) is 0 Å². The number of aromatic nitrogens is 2. The molecule has 0 aliphatic rings. The number of hydrogen-bond acceptors (Lipinski definition) is 5. The first-order chi connectivity index (χ1) is 11.0. The molecule has 0 bridgehead atoms. The Kier molecular flexibility index (Phi) is 4.00. The molecule has 0 fully saturated rings. The zero-order valence-electron chi connectivity index (χ0n) is 13.1. The molecule has 3 aromatic heterocycles. The number of thiazole rings is 1. The van der Waals surface area contributed by atoms with Gasteiger partial charge in [0.2, 0.25) is 0 Å². The lowest BCUT2D eigenvalue weighted by Gasteiger charge is -2.12. The predicted octanol–water partition coefficient (Wildman–Crippen LogP) is 3.75. The molecule has 0 saturated heterocycles. The third-order valence-corrected chi connectivity index (χ3v) is 4.29. The van der Waals surface area contributed by atoms with Crippen LogP contribution < -0.4 is 0 Å². The van der Waals surface area contributed by atoms with E-state index in [-0.39, 0.29) is 5.78 Å². The second-order valence-electron chi connectivity index (χ2n) is 5.21. The van der Waals surface area contributed by atoms with Crippen LogP contribution in [-0.4, -0.2) is 27.7 Å². The van der Waals surface area contributed by atoms with E-state index in [0.29, 0.717) is 23.4 Å². The van der Waals surface area contributed by atoms with Gasteiger partial charge in [0.05, 0.1) is 29.1 Å². The molecule has 3 heterocycles. The van der Waals surface area contributed by atoms with Crippen LogP contribution >= 0.6 is 11.3 Å². The number of nitrogens with zero attached hydrogens (tertiary/aromatic N) is 2. The average molecular weight is 328 g/mol. The molecule has 3 rings (SSSR count). The molecule has 0 saturated carbocycles. The topological polar surface area (TPSA) is 60.7 Å². The highest BCUT2D eigenvalue weighted by Gasteiger charge is 2.20. The van der Waals surface area contributed by atoms with Crippen LogP contribution in [0.1, 0.15) is 40.3 Å². The van der Waals surface area contributed by atoms with Gasteiger partial charge in [0.25, 0.3) is 0 Å². The fourth-order valence-electron chi connectivity index (χ4n) is 2.70. The summed E-state index contributed by atoms with van der Waals surface area (Å²) in [5, 5.41) is 1.95. The maximum Gasteiger partial charge on any atom is 0.338 e. The van der Waals surface area contributed by atoms with Gasteiger partial charge >= 0.3 is 5.97 Å². The molecule has 6 heteroatoms. The first kappa shape index (κ1) is 15.4. The maximum atomic E-state index is 12.2. The summed E-state index contributed by atoms with van der Waals surface area (Å²) in [6.07, 6.45) is 1.88. The molecule has 0 aromatic carbocycles. The zero-order chi connectivity index (χ0) is 16.6. The van der Waals surface area contributed by atoms with Crippen molar-refractivity contribution in [3.8, 4) is 11.3 Å². The Morgan fingerprint density at radius 2 is 2.13 bits per heavy atom. The fraction of sp³-hybridized carbons (Fsp3) is 0.235. The quantitative estimate of drug-likeness (QED) is 0.540. The summed E-state index contributed by atoms with van der Waals surface area (Å²) in [6, 6.07) is 3.68. The van der Waals surface area contributed by atoms with Crippen LogP contribution in [0.2, 0.25) is 0 Å². The Bertz CT molecular complexity index is 894. The number of fused-ring (bicyclic) bond motifs is 1. The molecule has 3 aromatic rings. The number of carbonyl (C=O) groups excluding carboxylic acids is 2. The van der Waals surface area contributed by atoms with E-state index >= 15 is 0 Å². The van der Waals surface area contributed by atoms with E-state index in [2.05, 4.69) is 4.98 Å². The number of hydrogen-bond donors (Lipinski definition) is 0. The highest BCUT2D eigenvalue weighted by molar-refractivity contribution is 7.07. The van der Waals surface area contributed by atoms with Gasteiger partial charge in [0.1, 0.15) is 0 Å². The highest BCUT2D eigenvalue weighted by Crippen LogP contribution is 2.27. The minimum absolute atomic E-state index is 0.0981. The van der Waals surface area contributed by atoms with Crippen molar-refractivity contribution < 1.29 is 14.3 Å². The van der Waals surface area contributed by atoms with Gasteiger partial charge < -0.3 is 9.14 Å². The third-order valence-electron chi connectivity index (χ3n) is 3.70. The maximum absolute atomic E-state index is 12.2. The summed E-state index contributed by atoms with van der Waals surface area (Å²) in [5.41, 5.74) is 5.84. The molecule has 0 unspecified atom stereocenters. The van der Waals surface area contributed by atoms with Crippen molar-refractivity contribution in [2.75, 3.05) is 6.61 Å². The molecular formula is C17H16N2O3S. The van der Waals surface area contributed by atoms with Gasteiger partial charge in [-0.1, -0.05) is 0 Å². The molecule has 5 nitrogen and oxygen atoms in total. The van der Waals surface area contributed by atoms with Gasteiger partial charge in [-0.2, -0.15) is 0 Å². The predicted molar refractivity (Wildman–Crippen MR) is 89.2 cm³/mol. The summed E-state index contributed by atoms with van der Waals surface area (Å²) in [7, 11) is 0. The molecular weight excluding hydrogens is 312 g/mol. The number of ketones is 1. The van der Waals surface area contributed by atoms with Crippen LogP contribution in [0.25, 0.3) is 16.8 Å². The Labute approximate surface area is 137 Å². The molecule has 0 spiro atoms. The molecule has 0 radical (unpaired) electrons. The van der Waals surface area contributed by atoms with E-state index < -0.39 is 5.97 Å². The van der Waals surface area contributed by atoms with Crippen molar-refractivity contribution in [2.24, 2.45) is 0 Å². The number of pyridine rings is 1. The van der Waals surface area contributed by atoms with Gasteiger partial charge in [0, 0.05) is 29.6 Å². The van der Waals surface area contributed by atoms with E-state index in [4.69, 9.17) is 4.74 Å². The summed E-state index contributed by atoms with van der Waals surface area (Å²) < 4.78 is 6.92. The van der Waals surface area contributed by atoms with Crippen LogP contribution in [0, 0.1) is 6.92 Å². The Balaban J connectivity index is 2.27. The van der Waals surface area contributed by atoms with E-state index in [9.17, 15) is 9.59 Å². The minimum Gasteiger partial charge on any atom is -0.462 e. The first-order valence-electron chi connectivity index (χ1n) is 7.25. The van der Waals surface area contributed by atoms with Gasteiger partial charge in [-0.15, -0.1) is 11.3 Å². The molecule has 0 aliphatic heterocycles. The molecule has 118 valence electrons. The Morgan fingerprint density at radius 3 is 2.74 bits per heavy atom. The summed E-state index contributed by atoms with van der Waals surface area (Å²) in [4.78, 5) is 28.6. The van der Waals surface area contributed by atoms with E-state index in [1.54, 1.807) is 25.4 Å². The smallest absolute Gasteiger partial charge is 0.338 e. The van der Waals surface area contributed by atoms with Crippen LogP contribution in [0.4, 0.5) is 0 Å². The van der Waals surface area contributed by atoms with Crippen LogP contribution in [0.15, 0.2) is 29.2 Å². The largest absolute Gasteiger partial charge is 0.462 e. The van der Waals surface area contributed by atoms with Crippen molar-refractivity contribution >= 4 is 28.6 Å². The zero-order valence-corrected chi connectivity index (χ0v) is 13.9. The van der Waals surface area contributed by atoms with Crippen molar-refractivity contribution in [3.05, 3.63) is 46.0 Å². The lowest BCUT2D eigenvalue weighted by molar-refractivity contribution is 0.0525. The summed E-state index contributed by atoms with van der Waals surface area (Å²) >= 11 is 1.51. The summed E-state index contributed by atoms with van der Waals surface area (Å²) in [5.74, 6) is -0.509. The van der Waals surface area contributed by atoms with Gasteiger partial charge in [-0.25, -0.2) is 9.78 Å². The Morgan fingerprint density at radius 1 is 1.35 bits per heavy atom. The number of carbonyl (C=O) groups is 2. The van der Waals surface area contributed by atoms with Crippen molar-refractivity contribution in [3.63, 3.8) is 0 Å². The van der Waals surface area contributed by atoms with E-state index in [0.717, 1.165) is 16.8 Å². The van der Waals surface area contributed by atoms with Gasteiger partial charge in [0.15, 0.2) is 5.78 Å². The van der Waals surface area contributed by atoms with Crippen LogP contribution in [0.5, 0.6) is 0 Å². The van der Waals surface area contributed by atoms with E-state index in [1.807, 2.05) is 22.0 Å².